The Labute approximate surface area is 253 Å². The SMILES string of the molecule is Cc1cccc(C(C(=O)Nc2c(C)cccc2Cl)N(C(=O)C(Cc2ccc(O)cc2)NC(=O)OC(C)(C)C)C(C)C)c1. The molecule has 224 valence electrons. The zero-order chi connectivity index (χ0) is 31.2. The van der Waals surface area contributed by atoms with Crippen molar-refractivity contribution in [3.63, 3.8) is 0 Å². The number of nitrogens with one attached hydrogen (secondary N) is 2. The van der Waals surface area contributed by atoms with Crippen LogP contribution in [0.5, 0.6) is 5.75 Å². The van der Waals surface area contributed by atoms with Gasteiger partial charge in [0, 0.05) is 12.5 Å². The molecule has 0 aliphatic heterocycles. The number of nitrogens with zero attached hydrogens (tertiary/aromatic N) is 1. The van der Waals surface area contributed by atoms with Crippen molar-refractivity contribution >= 4 is 35.2 Å². The number of amides is 3. The van der Waals surface area contributed by atoms with E-state index in [-0.39, 0.29) is 12.2 Å². The van der Waals surface area contributed by atoms with Gasteiger partial charge < -0.3 is 25.4 Å². The zero-order valence-corrected chi connectivity index (χ0v) is 26.0. The first-order valence-electron chi connectivity index (χ1n) is 13.9. The summed E-state index contributed by atoms with van der Waals surface area (Å²) in [4.78, 5) is 42.9. The van der Waals surface area contributed by atoms with Gasteiger partial charge >= 0.3 is 6.09 Å². The van der Waals surface area contributed by atoms with Crippen molar-refractivity contribution in [1.29, 1.82) is 0 Å². The number of carbonyl (C=O) groups excluding carboxylic acids is 3. The Morgan fingerprint density at radius 1 is 0.976 bits per heavy atom. The Balaban J connectivity index is 2.08. The molecule has 0 heterocycles. The molecule has 3 rings (SSSR count). The lowest BCUT2D eigenvalue weighted by molar-refractivity contribution is -0.142. The van der Waals surface area contributed by atoms with Gasteiger partial charge in [-0.05, 0) is 83.4 Å². The van der Waals surface area contributed by atoms with Crippen molar-refractivity contribution in [2.24, 2.45) is 0 Å². The first-order valence-corrected chi connectivity index (χ1v) is 14.3. The monoisotopic (exact) mass is 593 g/mol. The van der Waals surface area contributed by atoms with Crippen LogP contribution in [0.3, 0.4) is 0 Å². The molecule has 2 unspecified atom stereocenters. The maximum absolute atomic E-state index is 14.4. The molecule has 3 aromatic carbocycles. The van der Waals surface area contributed by atoms with Crippen molar-refractivity contribution in [1.82, 2.24) is 10.2 Å². The van der Waals surface area contributed by atoms with Crippen molar-refractivity contribution in [2.75, 3.05) is 5.32 Å². The molecule has 3 amide bonds. The highest BCUT2D eigenvalue weighted by atomic mass is 35.5. The third-order valence-electron chi connectivity index (χ3n) is 6.53. The van der Waals surface area contributed by atoms with E-state index in [1.807, 2.05) is 52.0 Å². The molecule has 0 bridgehead atoms. The average Bonchev–Trinajstić information content (AvgIpc) is 2.88. The first kappa shape index (κ1) is 32.5. The van der Waals surface area contributed by atoms with Gasteiger partial charge in [0.2, 0.25) is 5.91 Å². The summed E-state index contributed by atoms with van der Waals surface area (Å²) in [5.74, 6) is -0.836. The Morgan fingerprint density at radius 2 is 1.62 bits per heavy atom. The first-order chi connectivity index (χ1) is 19.7. The minimum Gasteiger partial charge on any atom is -0.508 e. The van der Waals surface area contributed by atoms with E-state index >= 15 is 0 Å². The van der Waals surface area contributed by atoms with Gasteiger partial charge in [0.05, 0.1) is 10.7 Å². The molecule has 2 atom stereocenters. The van der Waals surface area contributed by atoms with Crippen LogP contribution in [0.4, 0.5) is 10.5 Å². The fourth-order valence-electron chi connectivity index (χ4n) is 4.64. The maximum atomic E-state index is 14.4. The highest BCUT2D eigenvalue weighted by molar-refractivity contribution is 6.34. The number of hydrogen-bond donors (Lipinski definition) is 3. The van der Waals surface area contributed by atoms with E-state index in [1.54, 1.807) is 51.1 Å². The fourth-order valence-corrected chi connectivity index (χ4v) is 4.91. The molecular weight excluding hydrogens is 554 g/mol. The number of aromatic hydroxyl groups is 1. The number of hydrogen-bond acceptors (Lipinski definition) is 5. The van der Waals surface area contributed by atoms with Gasteiger partial charge in [-0.25, -0.2) is 4.79 Å². The molecule has 8 nitrogen and oxygen atoms in total. The van der Waals surface area contributed by atoms with Crippen LogP contribution in [0.15, 0.2) is 66.7 Å². The summed E-state index contributed by atoms with van der Waals surface area (Å²) in [6.45, 7) is 12.6. The van der Waals surface area contributed by atoms with Crippen LogP contribution in [-0.4, -0.2) is 45.6 Å². The lowest BCUT2D eigenvalue weighted by Gasteiger charge is -2.37. The lowest BCUT2D eigenvalue weighted by Crippen LogP contribution is -2.55. The number of rotatable bonds is 9. The number of phenols is 1. The van der Waals surface area contributed by atoms with Gasteiger partial charge in [0.15, 0.2) is 0 Å². The smallest absolute Gasteiger partial charge is 0.408 e. The van der Waals surface area contributed by atoms with Crippen molar-refractivity contribution < 1.29 is 24.2 Å². The van der Waals surface area contributed by atoms with Crippen LogP contribution < -0.4 is 10.6 Å². The summed E-state index contributed by atoms with van der Waals surface area (Å²) in [6, 6.07) is 16.6. The number of carbonyl (C=O) groups is 3. The van der Waals surface area contributed by atoms with Crippen molar-refractivity contribution in [2.45, 2.75) is 78.6 Å². The molecule has 3 aromatic rings. The number of phenolic OH excluding ortho intramolecular Hbond substituents is 1. The molecule has 0 aliphatic rings. The van der Waals surface area contributed by atoms with E-state index in [2.05, 4.69) is 10.6 Å². The van der Waals surface area contributed by atoms with E-state index in [0.717, 1.165) is 11.1 Å². The number of anilines is 1. The molecule has 0 spiro atoms. The predicted octanol–water partition coefficient (Wildman–Crippen LogP) is 6.72. The molecule has 0 fully saturated rings. The maximum Gasteiger partial charge on any atom is 0.408 e. The summed E-state index contributed by atoms with van der Waals surface area (Å²) >= 11 is 6.44. The van der Waals surface area contributed by atoms with Gasteiger partial charge in [-0.2, -0.15) is 0 Å². The van der Waals surface area contributed by atoms with Crippen LogP contribution in [0.25, 0.3) is 0 Å². The molecule has 42 heavy (non-hydrogen) atoms. The van der Waals surface area contributed by atoms with Gasteiger partial charge in [0.25, 0.3) is 5.91 Å². The van der Waals surface area contributed by atoms with Gasteiger partial charge in [-0.15, -0.1) is 0 Å². The summed E-state index contributed by atoms with van der Waals surface area (Å²) < 4.78 is 5.47. The van der Waals surface area contributed by atoms with Crippen LogP contribution >= 0.6 is 11.6 Å². The largest absolute Gasteiger partial charge is 0.508 e. The standard InChI is InChI=1S/C33H40ClN3O5/c1-20(2)37(31(40)27(35-32(41)42-33(5,6)7)19-23-14-16-25(38)17-15-23)29(24-12-8-10-21(3)18-24)30(39)36-28-22(4)11-9-13-26(28)34/h8-18,20,27,29,38H,19H2,1-7H3,(H,35,41)(H,36,39). The molecule has 9 heteroatoms. The average molecular weight is 594 g/mol. The Kier molecular flexibility index (Phi) is 10.6. The number of ether oxygens (including phenoxy) is 1. The third-order valence-corrected chi connectivity index (χ3v) is 6.85. The number of aryl methyl sites for hydroxylation is 2. The Morgan fingerprint density at radius 3 is 2.19 bits per heavy atom. The molecule has 0 radical (unpaired) electrons. The second-order valence-electron chi connectivity index (χ2n) is 11.6. The molecule has 0 aliphatic carbocycles. The summed E-state index contributed by atoms with van der Waals surface area (Å²) in [5.41, 5.74) is 2.69. The lowest BCUT2D eigenvalue weighted by atomic mass is 9.97. The Hall–Kier alpha value is -4.04. The Bertz CT molecular complexity index is 1400. The topological polar surface area (TPSA) is 108 Å². The molecule has 0 saturated heterocycles. The summed E-state index contributed by atoms with van der Waals surface area (Å²) in [7, 11) is 0. The van der Waals surface area contributed by atoms with Crippen molar-refractivity contribution in [3.05, 3.63) is 94.0 Å². The van der Waals surface area contributed by atoms with Gasteiger partial charge in [-0.1, -0.05) is 65.7 Å². The van der Waals surface area contributed by atoms with Crippen LogP contribution in [-0.2, 0) is 20.7 Å². The minimum atomic E-state index is -1.08. The summed E-state index contributed by atoms with van der Waals surface area (Å²) in [6.07, 6.45) is -0.653. The highest BCUT2D eigenvalue weighted by Crippen LogP contribution is 2.31. The predicted molar refractivity (Wildman–Crippen MR) is 166 cm³/mol. The molecule has 3 N–H and O–H groups in total. The fraction of sp³-hybridized carbons (Fsp3) is 0.364. The van der Waals surface area contributed by atoms with E-state index in [9.17, 15) is 19.5 Å². The normalized spacial score (nSPS) is 12.8. The van der Waals surface area contributed by atoms with E-state index < -0.39 is 41.6 Å². The van der Waals surface area contributed by atoms with Crippen LogP contribution in [0.2, 0.25) is 5.02 Å². The zero-order valence-electron chi connectivity index (χ0n) is 25.2. The van der Waals surface area contributed by atoms with Gasteiger partial charge in [0.1, 0.15) is 23.4 Å². The number of para-hydroxylation sites is 1. The number of benzene rings is 3. The molecular formula is C33H40ClN3O5. The van der Waals surface area contributed by atoms with Crippen LogP contribution in [0.1, 0.15) is 62.9 Å². The van der Waals surface area contributed by atoms with Gasteiger partial charge in [-0.3, -0.25) is 9.59 Å². The second-order valence-corrected chi connectivity index (χ2v) is 12.1. The molecule has 0 aromatic heterocycles. The number of alkyl carbamates (subject to hydrolysis) is 1. The van der Waals surface area contributed by atoms with E-state index in [4.69, 9.17) is 16.3 Å². The highest BCUT2D eigenvalue weighted by Gasteiger charge is 2.38. The molecule has 0 saturated carbocycles. The van der Waals surface area contributed by atoms with E-state index in [0.29, 0.717) is 21.8 Å². The second kappa shape index (κ2) is 13.7. The summed E-state index contributed by atoms with van der Waals surface area (Å²) in [5, 5.41) is 15.8. The van der Waals surface area contributed by atoms with E-state index in [1.165, 1.54) is 17.0 Å². The van der Waals surface area contributed by atoms with Crippen LogP contribution in [0, 0.1) is 13.8 Å². The third kappa shape index (κ3) is 8.73. The quantitative estimate of drug-likeness (QED) is 0.255. The number of halogens is 1. The minimum absolute atomic E-state index is 0.0802. The van der Waals surface area contributed by atoms with Crippen molar-refractivity contribution in [3.8, 4) is 5.75 Å².